The first-order valence-corrected chi connectivity index (χ1v) is 10.8. The molecule has 0 spiro atoms. The minimum absolute atomic E-state index is 0.0883. The van der Waals surface area contributed by atoms with Gasteiger partial charge in [-0.25, -0.2) is 4.79 Å². The van der Waals surface area contributed by atoms with Gasteiger partial charge in [-0.2, -0.15) is 4.98 Å². The van der Waals surface area contributed by atoms with Crippen LogP contribution in [0.3, 0.4) is 0 Å². The fourth-order valence-corrected chi connectivity index (χ4v) is 5.27. The van der Waals surface area contributed by atoms with Crippen LogP contribution < -0.4 is 10.6 Å². The molecule has 5 rings (SSSR count). The lowest BCUT2D eigenvalue weighted by Crippen LogP contribution is -2.57. The fourth-order valence-electron chi connectivity index (χ4n) is 5.27. The van der Waals surface area contributed by atoms with Gasteiger partial charge in [0.2, 0.25) is 0 Å². The van der Waals surface area contributed by atoms with E-state index in [0.717, 1.165) is 48.3 Å². The van der Waals surface area contributed by atoms with Crippen LogP contribution in [-0.4, -0.2) is 46.2 Å². The molecule has 7 nitrogen and oxygen atoms in total. The van der Waals surface area contributed by atoms with E-state index in [1.165, 1.54) is 19.3 Å². The number of hydrogen-bond donors (Lipinski definition) is 1. The van der Waals surface area contributed by atoms with E-state index in [9.17, 15) is 4.79 Å². The smallest absolute Gasteiger partial charge is 0.319 e. The Kier molecular flexibility index (Phi) is 4.57. The maximum atomic E-state index is 12.7. The molecule has 154 valence electrons. The molecule has 0 radical (unpaired) electrons. The third-order valence-electron chi connectivity index (χ3n) is 7.03. The van der Waals surface area contributed by atoms with Crippen LogP contribution in [0.2, 0.25) is 0 Å². The summed E-state index contributed by atoms with van der Waals surface area (Å²) in [6.07, 6.45) is 7.76. The summed E-state index contributed by atoms with van der Waals surface area (Å²) in [5, 5.41) is 4.18. The quantitative estimate of drug-likeness (QED) is 0.850. The van der Waals surface area contributed by atoms with E-state index in [0.29, 0.717) is 23.9 Å². The molecule has 1 aliphatic carbocycles. The highest BCUT2D eigenvalue weighted by molar-refractivity contribution is 5.96. The van der Waals surface area contributed by atoms with E-state index in [1.807, 2.05) is 25.1 Å². The lowest BCUT2D eigenvalue weighted by molar-refractivity contribution is 0.0564. The highest BCUT2D eigenvalue weighted by Gasteiger charge is 2.40. The van der Waals surface area contributed by atoms with Gasteiger partial charge in [-0.3, -0.25) is 4.90 Å². The molecule has 1 aromatic carbocycles. The van der Waals surface area contributed by atoms with Crippen molar-refractivity contribution < 1.29 is 9.32 Å². The average Bonchev–Trinajstić information content (AvgIpc) is 3.40. The molecule has 7 heteroatoms. The number of aryl methyl sites for hydroxylation is 1. The zero-order valence-electron chi connectivity index (χ0n) is 17.2. The normalized spacial score (nSPS) is 27.0. The standard InChI is InChI=1S/C22H29N5O2/c1-13-5-3-8-18(19(13)21-24-20(25-29-21)14-9-10-14)27(22(23)28)17-11-15-6-4-7-16(12-17)26(15)2/h3,5,8,14-17H,4,6-7,9-12H2,1-2H3,(H2,23,28). The Hall–Kier alpha value is -2.41. The van der Waals surface area contributed by atoms with Crippen molar-refractivity contribution in [2.75, 3.05) is 11.9 Å². The highest BCUT2D eigenvalue weighted by Crippen LogP contribution is 2.42. The maximum absolute atomic E-state index is 12.7. The molecule has 3 fully saturated rings. The molecule has 2 aliphatic heterocycles. The molecule has 3 heterocycles. The van der Waals surface area contributed by atoms with E-state index in [1.54, 1.807) is 4.90 Å². The number of nitrogens with zero attached hydrogens (tertiary/aromatic N) is 4. The van der Waals surface area contributed by atoms with E-state index in [-0.39, 0.29) is 6.04 Å². The molecule has 2 bridgehead atoms. The number of benzene rings is 1. The predicted molar refractivity (Wildman–Crippen MR) is 111 cm³/mol. The van der Waals surface area contributed by atoms with Crippen molar-refractivity contribution in [2.24, 2.45) is 5.73 Å². The zero-order chi connectivity index (χ0) is 20.1. The van der Waals surface area contributed by atoms with Crippen molar-refractivity contribution in [2.45, 2.75) is 75.9 Å². The van der Waals surface area contributed by atoms with Gasteiger partial charge < -0.3 is 15.2 Å². The number of hydrogen-bond acceptors (Lipinski definition) is 5. The molecule has 2 atom stereocenters. The number of primary amides is 1. The summed E-state index contributed by atoms with van der Waals surface area (Å²) < 4.78 is 5.63. The number of aromatic nitrogens is 2. The van der Waals surface area contributed by atoms with E-state index >= 15 is 0 Å². The molecule has 2 amide bonds. The Bertz CT molecular complexity index is 908. The number of urea groups is 1. The summed E-state index contributed by atoms with van der Waals surface area (Å²) in [6, 6.07) is 6.64. The first kappa shape index (κ1) is 18.6. The number of piperidine rings is 2. The Balaban J connectivity index is 1.53. The highest BCUT2D eigenvalue weighted by atomic mass is 16.5. The van der Waals surface area contributed by atoms with Crippen LogP contribution in [0.5, 0.6) is 0 Å². The number of nitrogens with two attached hydrogens (primary N) is 1. The number of anilines is 1. The van der Waals surface area contributed by atoms with Gasteiger partial charge in [0.25, 0.3) is 5.89 Å². The van der Waals surface area contributed by atoms with Crippen molar-refractivity contribution >= 4 is 11.7 Å². The number of carbonyl (C=O) groups excluding carboxylic acids is 1. The van der Waals surface area contributed by atoms with Crippen molar-refractivity contribution in [3.8, 4) is 11.5 Å². The Labute approximate surface area is 171 Å². The Morgan fingerprint density at radius 3 is 2.59 bits per heavy atom. The van der Waals surface area contributed by atoms with E-state index in [4.69, 9.17) is 10.3 Å². The minimum Gasteiger partial charge on any atom is -0.351 e. The molecule has 1 saturated carbocycles. The van der Waals surface area contributed by atoms with E-state index in [2.05, 4.69) is 22.1 Å². The predicted octanol–water partition coefficient (Wildman–Crippen LogP) is 3.82. The molecule has 2 aromatic rings. The van der Waals surface area contributed by atoms with Crippen LogP contribution in [0.1, 0.15) is 62.3 Å². The lowest BCUT2D eigenvalue weighted by atomic mass is 9.81. The maximum Gasteiger partial charge on any atom is 0.319 e. The summed E-state index contributed by atoms with van der Waals surface area (Å²) in [5.74, 6) is 1.67. The number of amides is 2. The van der Waals surface area contributed by atoms with Gasteiger partial charge in [-0.15, -0.1) is 0 Å². The summed E-state index contributed by atoms with van der Waals surface area (Å²) in [6.45, 7) is 2.02. The molecular formula is C22H29N5O2. The number of fused-ring (bicyclic) bond motifs is 2. The third kappa shape index (κ3) is 3.31. The summed E-state index contributed by atoms with van der Waals surface area (Å²) in [5.41, 5.74) is 8.58. The van der Waals surface area contributed by atoms with Crippen molar-refractivity contribution in [1.29, 1.82) is 0 Å². The molecule has 29 heavy (non-hydrogen) atoms. The van der Waals surface area contributed by atoms with Crippen LogP contribution in [0.4, 0.5) is 10.5 Å². The molecular weight excluding hydrogens is 366 g/mol. The van der Waals surface area contributed by atoms with Crippen LogP contribution >= 0.6 is 0 Å². The summed E-state index contributed by atoms with van der Waals surface area (Å²) in [4.78, 5) is 21.6. The average molecular weight is 396 g/mol. The second kappa shape index (κ2) is 7.13. The topological polar surface area (TPSA) is 88.5 Å². The lowest BCUT2D eigenvalue weighted by Gasteiger charge is -2.49. The SMILES string of the molecule is Cc1cccc(N(C(N)=O)C2CC3CCCC(C2)N3C)c1-c1nc(C2CC2)no1. The van der Waals surface area contributed by atoms with Crippen molar-refractivity contribution in [1.82, 2.24) is 15.0 Å². The third-order valence-corrected chi connectivity index (χ3v) is 7.03. The molecule has 2 N–H and O–H groups in total. The largest absolute Gasteiger partial charge is 0.351 e. The van der Waals surface area contributed by atoms with Gasteiger partial charge in [-0.1, -0.05) is 23.7 Å². The van der Waals surface area contributed by atoms with Crippen LogP contribution in [0, 0.1) is 6.92 Å². The number of carbonyl (C=O) groups is 1. The van der Waals surface area contributed by atoms with Crippen LogP contribution in [0.25, 0.3) is 11.5 Å². The fraction of sp³-hybridized carbons (Fsp3) is 0.591. The van der Waals surface area contributed by atoms with Crippen LogP contribution in [0.15, 0.2) is 22.7 Å². The van der Waals surface area contributed by atoms with Crippen LogP contribution in [-0.2, 0) is 0 Å². The molecule has 3 aliphatic rings. The van der Waals surface area contributed by atoms with Crippen molar-refractivity contribution in [3.05, 3.63) is 29.6 Å². The van der Waals surface area contributed by atoms with Crippen molar-refractivity contribution in [3.63, 3.8) is 0 Å². The minimum atomic E-state index is -0.411. The van der Waals surface area contributed by atoms with Gasteiger partial charge in [0.1, 0.15) is 0 Å². The second-order valence-corrected chi connectivity index (χ2v) is 8.94. The zero-order valence-corrected chi connectivity index (χ0v) is 17.2. The van der Waals surface area contributed by atoms with Gasteiger partial charge in [0.05, 0.1) is 11.3 Å². The molecule has 2 unspecified atom stereocenters. The molecule has 1 aromatic heterocycles. The summed E-state index contributed by atoms with van der Waals surface area (Å²) in [7, 11) is 2.22. The van der Waals surface area contributed by atoms with Gasteiger partial charge >= 0.3 is 6.03 Å². The Morgan fingerprint density at radius 2 is 1.93 bits per heavy atom. The number of rotatable bonds is 4. The summed E-state index contributed by atoms with van der Waals surface area (Å²) >= 11 is 0. The molecule has 2 saturated heterocycles. The first-order valence-electron chi connectivity index (χ1n) is 10.8. The monoisotopic (exact) mass is 395 g/mol. The van der Waals surface area contributed by atoms with E-state index < -0.39 is 6.03 Å². The second-order valence-electron chi connectivity index (χ2n) is 8.94. The van der Waals surface area contributed by atoms with Gasteiger partial charge in [0, 0.05) is 24.0 Å². The first-order chi connectivity index (χ1) is 14.0. The van der Waals surface area contributed by atoms with Gasteiger partial charge in [-0.05, 0) is 64.1 Å². The Morgan fingerprint density at radius 1 is 1.21 bits per heavy atom. The van der Waals surface area contributed by atoms with Gasteiger partial charge in [0.15, 0.2) is 5.82 Å².